The van der Waals surface area contributed by atoms with Crippen LogP contribution in [0.2, 0.25) is 0 Å². The van der Waals surface area contributed by atoms with E-state index < -0.39 is 5.60 Å². The number of nitrogens with zero attached hydrogens (tertiary/aromatic N) is 1. The lowest BCUT2D eigenvalue weighted by Gasteiger charge is -2.23. The van der Waals surface area contributed by atoms with Gasteiger partial charge in [0, 0.05) is 13.1 Å². The number of likely N-dealkylation sites (N-methyl/N-ethyl adjacent to an activating group) is 1. The molecule has 0 aliphatic rings. The van der Waals surface area contributed by atoms with Crippen LogP contribution in [0, 0.1) is 0 Å². The lowest BCUT2D eigenvalue weighted by molar-refractivity contribution is 0.0431. The first-order chi connectivity index (χ1) is 5.87. The van der Waals surface area contributed by atoms with Crippen molar-refractivity contribution in [2.24, 2.45) is 0 Å². The molecule has 13 heavy (non-hydrogen) atoms. The smallest absolute Gasteiger partial charge is 0.419 e. The topological polar surface area (TPSA) is 41.6 Å². The zero-order valence-corrected chi connectivity index (χ0v) is 10.7. The maximum absolute atomic E-state index is 11.3. The molecule has 0 spiro atoms. The van der Waals surface area contributed by atoms with Crippen LogP contribution in [-0.2, 0) is 4.74 Å². The van der Waals surface area contributed by atoms with Crippen molar-refractivity contribution in [3.05, 3.63) is 0 Å². The van der Waals surface area contributed by atoms with Gasteiger partial charge in [0.15, 0.2) is 0 Å². The molecular formula is C8H17IN2O2. The number of carbonyl (C=O) groups excluding carboxylic acids is 1. The van der Waals surface area contributed by atoms with Crippen molar-refractivity contribution in [1.29, 1.82) is 0 Å². The van der Waals surface area contributed by atoms with E-state index in [2.05, 4.69) is 5.32 Å². The molecule has 0 aliphatic carbocycles. The van der Waals surface area contributed by atoms with E-state index in [9.17, 15) is 4.79 Å². The van der Waals surface area contributed by atoms with Crippen molar-refractivity contribution in [2.45, 2.75) is 26.4 Å². The summed E-state index contributed by atoms with van der Waals surface area (Å²) in [5.74, 6) is 0. The zero-order valence-electron chi connectivity index (χ0n) is 8.56. The molecule has 0 fully saturated rings. The molecule has 0 atom stereocenters. The number of rotatable bonds is 3. The highest BCUT2D eigenvalue weighted by molar-refractivity contribution is 14.1. The highest BCUT2D eigenvalue weighted by Crippen LogP contribution is 2.11. The first-order valence-corrected chi connectivity index (χ1v) is 5.14. The third-order valence-electron chi connectivity index (χ3n) is 1.15. The fraction of sp³-hybridized carbons (Fsp3) is 0.875. The second-order valence-corrected chi connectivity index (χ2v) is 4.83. The van der Waals surface area contributed by atoms with Crippen LogP contribution in [-0.4, -0.2) is 34.9 Å². The quantitative estimate of drug-likeness (QED) is 0.638. The van der Waals surface area contributed by atoms with E-state index in [1.54, 1.807) is 0 Å². The van der Waals surface area contributed by atoms with Crippen LogP contribution in [0.1, 0.15) is 20.8 Å². The third-order valence-corrected chi connectivity index (χ3v) is 2.03. The second-order valence-electron chi connectivity index (χ2n) is 3.67. The SMILES string of the molecule is CNCCN(I)C(=O)OC(C)(C)C. The standard InChI is InChI=1S/C8H17IN2O2/c1-8(2,3)13-7(12)11(9)6-5-10-4/h10H,5-6H2,1-4H3. The van der Waals surface area contributed by atoms with E-state index >= 15 is 0 Å². The van der Waals surface area contributed by atoms with Gasteiger partial charge in [-0.3, -0.25) is 0 Å². The molecule has 0 aliphatic heterocycles. The monoisotopic (exact) mass is 300 g/mol. The van der Waals surface area contributed by atoms with Crippen LogP contribution < -0.4 is 5.32 Å². The molecule has 1 amide bonds. The predicted molar refractivity (Wildman–Crippen MR) is 60.9 cm³/mol. The van der Waals surface area contributed by atoms with Crippen molar-refractivity contribution in [2.75, 3.05) is 20.1 Å². The molecule has 0 aromatic heterocycles. The average molecular weight is 300 g/mol. The van der Waals surface area contributed by atoms with E-state index in [0.29, 0.717) is 6.54 Å². The fourth-order valence-electron chi connectivity index (χ4n) is 0.613. The molecule has 5 heteroatoms. The molecule has 0 saturated carbocycles. The number of carbonyl (C=O) groups is 1. The molecular weight excluding hydrogens is 283 g/mol. The minimum Gasteiger partial charge on any atom is -0.443 e. The van der Waals surface area contributed by atoms with Crippen LogP contribution in [0.25, 0.3) is 0 Å². The Bertz CT molecular complexity index is 168. The number of hydrogen-bond donors (Lipinski definition) is 1. The Kier molecular flexibility index (Phi) is 5.62. The Labute approximate surface area is 93.5 Å². The van der Waals surface area contributed by atoms with Crippen LogP contribution in [0.3, 0.4) is 0 Å². The van der Waals surface area contributed by atoms with Crippen molar-refractivity contribution in [3.63, 3.8) is 0 Å². The minimum absolute atomic E-state index is 0.289. The molecule has 0 rings (SSSR count). The molecule has 78 valence electrons. The molecule has 1 N–H and O–H groups in total. The molecule has 0 aromatic rings. The summed E-state index contributed by atoms with van der Waals surface area (Å²) >= 11 is 1.95. The molecule has 0 radical (unpaired) electrons. The molecule has 0 heterocycles. The first-order valence-electron chi connectivity index (χ1n) is 4.17. The van der Waals surface area contributed by atoms with Crippen LogP contribution in [0.4, 0.5) is 4.79 Å². The van der Waals surface area contributed by atoms with Gasteiger partial charge in [0.25, 0.3) is 0 Å². The Balaban J connectivity index is 3.83. The lowest BCUT2D eigenvalue weighted by atomic mass is 10.2. The van der Waals surface area contributed by atoms with Crippen molar-refractivity contribution in [1.82, 2.24) is 8.43 Å². The summed E-state index contributed by atoms with van der Waals surface area (Å²) in [6.07, 6.45) is -0.289. The summed E-state index contributed by atoms with van der Waals surface area (Å²) in [6, 6.07) is 0. The van der Waals surface area contributed by atoms with Gasteiger partial charge in [-0.25, -0.2) is 7.91 Å². The van der Waals surface area contributed by atoms with Gasteiger partial charge in [-0.05, 0) is 27.8 Å². The second kappa shape index (κ2) is 5.64. The maximum Gasteiger partial charge on any atom is 0.419 e. The molecule has 0 aromatic carbocycles. The van der Waals surface area contributed by atoms with E-state index in [1.807, 2.05) is 50.7 Å². The van der Waals surface area contributed by atoms with Gasteiger partial charge in [-0.15, -0.1) is 0 Å². The molecule has 4 nitrogen and oxygen atoms in total. The van der Waals surface area contributed by atoms with Crippen molar-refractivity contribution < 1.29 is 9.53 Å². The highest BCUT2D eigenvalue weighted by Gasteiger charge is 2.19. The molecule has 0 unspecified atom stereocenters. The van der Waals surface area contributed by atoms with E-state index in [4.69, 9.17) is 4.74 Å². The van der Waals surface area contributed by atoms with Gasteiger partial charge >= 0.3 is 6.09 Å². The van der Waals surface area contributed by atoms with Crippen molar-refractivity contribution in [3.8, 4) is 0 Å². The van der Waals surface area contributed by atoms with Crippen molar-refractivity contribution >= 4 is 29.0 Å². The Morgan fingerprint density at radius 2 is 2.08 bits per heavy atom. The Hall–Kier alpha value is -0.0400. The van der Waals surface area contributed by atoms with E-state index in [-0.39, 0.29) is 6.09 Å². The largest absolute Gasteiger partial charge is 0.443 e. The fourth-order valence-corrected chi connectivity index (χ4v) is 0.952. The van der Waals surface area contributed by atoms with Crippen LogP contribution >= 0.6 is 22.9 Å². The summed E-state index contributed by atoms with van der Waals surface area (Å²) in [7, 11) is 1.85. The summed E-state index contributed by atoms with van der Waals surface area (Å²) in [5.41, 5.74) is -0.417. The van der Waals surface area contributed by atoms with Gasteiger partial charge in [0.1, 0.15) is 5.60 Å². The van der Waals surface area contributed by atoms with Gasteiger partial charge < -0.3 is 10.1 Å². The number of amides is 1. The van der Waals surface area contributed by atoms with E-state index in [0.717, 1.165) is 6.54 Å². The minimum atomic E-state index is -0.417. The van der Waals surface area contributed by atoms with Crippen LogP contribution in [0.5, 0.6) is 0 Å². The number of halogens is 1. The van der Waals surface area contributed by atoms with Gasteiger partial charge in [-0.2, -0.15) is 0 Å². The number of hydrogen-bond acceptors (Lipinski definition) is 3. The zero-order chi connectivity index (χ0) is 10.5. The normalized spacial score (nSPS) is 11.2. The maximum atomic E-state index is 11.3. The highest BCUT2D eigenvalue weighted by atomic mass is 127. The molecule has 0 saturated heterocycles. The Morgan fingerprint density at radius 1 is 1.54 bits per heavy atom. The summed E-state index contributed by atoms with van der Waals surface area (Å²) < 4.78 is 6.68. The number of nitrogens with one attached hydrogen (secondary N) is 1. The summed E-state index contributed by atoms with van der Waals surface area (Å²) in [5, 5.41) is 2.96. The number of ether oxygens (including phenoxy) is 1. The molecule has 0 bridgehead atoms. The summed E-state index contributed by atoms with van der Waals surface area (Å²) in [6.45, 7) is 6.97. The summed E-state index contributed by atoms with van der Waals surface area (Å²) in [4.78, 5) is 11.3. The van der Waals surface area contributed by atoms with Gasteiger partial charge in [0.2, 0.25) is 0 Å². The van der Waals surface area contributed by atoms with Crippen LogP contribution in [0.15, 0.2) is 0 Å². The Morgan fingerprint density at radius 3 is 2.46 bits per heavy atom. The van der Waals surface area contributed by atoms with Gasteiger partial charge in [-0.1, -0.05) is 0 Å². The average Bonchev–Trinajstić information content (AvgIpc) is 1.96. The third kappa shape index (κ3) is 7.06. The van der Waals surface area contributed by atoms with E-state index in [1.165, 1.54) is 3.11 Å². The first kappa shape index (κ1) is 13.0. The lowest BCUT2D eigenvalue weighted by Crippen LogP contribution is -2.34. The van der Waals surface area contributed by atoms with Gasteiger partial charge in [0.05, 0.1) is 22.9 Å². The predicted octanol–water partition coefficient (Wildman–Crippen LogP) is 1.79.